The number of nitrogens with one attached hydrogen (secondary N) is 1. The van der Waals surface area contributed by atoms with Crippen LogP contribution in [0.3, 0.4) is 0 Å². The van der Waals surface area contributed by atoms with Crippen molar-refractivity contribution in [3.05, 3.63) is 83.4 Å². The molecule has 1 heterocycles. The maximum atomic E-state index is 11.7. The van der Waals surface area contributed by atoms with Crippen molar-refractivity contribution in [2.45, 2.75) is 20.0 Å². The molecule has 0 saturated carbocycles. The van der Waals surface area contributed by atoms with Gasteiger partial charge in [0, 0.05) is 6.42 Å². The number of esters is 1. The van der Waals surface area contributed by atoms with Gasteiger partial charge in [0.15, 0.2) is 0 Å². The molecule has 0 fully saturated rings. The third-order valence-electron chi connectivity index (χ3n) is 3.64. The molecule has 0 aliphatic carbocycles. The van der Waals surface area contributed by atoms with Crippen molar-refractivity contribution in [3.8, 4) is 5.75 Å². The first-order valence-corrected chi connectivity index (χ1v) is 8.21. The Balaban J connectivity index is 1.62. The minimum absolute atomic E-state index is 0.341. The van der Waals surface area contributed by atoms with Gasteiger partial charge in [-0.05, 0) is 30.2 Å². The van der Waals surface area contributed by atoms with Gasteiger partial charge in [-0.1, -0.05) is 42.5 Å². The highest BCUT2D eigenvalue weighted by molar-refractivity contribution is 5.86. The second-order valence-electron chi connectivity index (χ2n) is 5.56. The number of hydrogen-bond donors (Lipinski definition) is 1. The molecule has 0 bridgehead atoms. The predicted octanol–water partition coefficient (Wildman–Crippen LogP) is 3.76. The molecule has 0 saturated heterocycles. The number of imidazole rings is 1. The van der Waals surface area contributed by atoms with E-state index in [0.717, 1.165) is 16.9 Å². The van der Waals surface area contributed by atoms with E-state index in [9.17, 15) is 4.79 Å². The number of H-pyrrole nitrogens is 1. The second kappa shape index (κ2) is 8.15. The summed E-state index contributed by atoms with van der Waals surface area (Å²) in [6, 6.07) is 17.9. The number of carbonyl (C=O) groups is 1. The molecule has 25 heavy (non-hydrogen) atoms. The molecule has 0 aliphatic rings. The molecule has 5 heteroatoms. The van der Waals surface area contributed by atoms with Crippen LogP contribution in [0.15, 0.2) is 60.8 Å². The first-order valence-electron chi connectivity index (χ1n) is 8.21. The standard InChI is InChI=1S/C20H20N2O3/c1-2-24-20(23)18-13-21-19(22-18)12-16-9-6-10-17(11-16)25-14-15-7-4-3-5-8-15/h3-11,13H,2,12,14H2,1H3,(H,21,22). The maximum absolute atomic E-state index is 11.7. The van der Waals surface area contributed by atoms with Crippen LogP contribution in [-0.4, -0.2) is 22.5 Å². The quantitative estimate of drug-likeness (QED) is 0.667. The van der Waals surface area contributed by atoms with E-state index in [2.05, 4.69) is 9.97 Å². The second-order valence-corrected chi connectivity index (χ2v) is 5.56. The molecule has 0 atom stereocenters. The van der Waals surface area contributed by atoms with E-state index in [0.29, 0.717) is 31.2 Å². The fraction of sp³-hybridized carbons (Fsp3) is 0.200. The molecule has 0 unspecified atom stereocenters. The zero-order valence-corrected chi connectivity index (χ0v) is 14.1. The smallest absolute Gasteiger partial charge is 0.356 e. The maximum Gasteiger partial charge on any atom is 0.356 e. The molecule has 1 aromatic heterocycles. The van der Waals surface area contributed by atoms with Crippen molar-refractivity contribution in [2.75, 3.05) is 6.61 Å². The summed E-state index contributed by atoms with van der Waals surface area (Å²) in [6.45, 7) is 2.64. The van der Waals surface area contributed by atoms with Gasteiger partial charge in [0.25, 0.3) is 0 Å². The molecular weight excluding hydrogens is 316 g/mol. The first kappa shape index (κ1) is 16.8. The highest BCUT2D eigenvalue weighted by Gasteiger charge is 2.10. The Kier molecular flexibility index (Phi) is 5.46. The van der Waals surface area contributed by atoms with Gasteiger partial charge < -0.3 is 14.5 Å². The van der Waals surface area contributed by atoms with Crippen LogP contribution in [-0.2, 0) is 17.8 Å². The number of nitrogens with zero attached hydrogens (tertiary/aromatic N) is 1. The van der Waals surface area contributed by atoms with Gasteiger partial charge in [-0.25, -0.2) is 9.78 Å². The van der Waals surface area contributed by atoms with Crippen LogP contribution in [0.25, 0.3) is 0 Å². The van der Waals surface area contributed by atoms with Crippen LogP contribution in [0.4, 0.5) is 0 Å². The normalized spacial score (nSPS) is 10.4. The van der Waals surface area contributed by atoms with Gasteiger partial charge in [-0.15, -0.1) is 0 Å². The fourth-order valence-electron chi connectivity index (χ4n) is 2.44. The average molecular weight is 336 g/mol. The summed E-state index contributed by atoms with van der Waals surface area (Å²) in [7, 11) is 0. The van der Waals surface area contributed by atoms with E-state index in [-0.39, 0.29) is 5.97 Å². The minimum Gasteiger partial charge on any atom is -0.489 e. The summed E-state index contributed by atoms with van der Waals surface area (Å²) in [5, 5.41) is 0. The van der Waals surface area contributed by atoms with E-state index >= 15 is 0 Å². The van der Waals surface area contributed by atoms with Gasteiger partial charge >= 0.3 is 5.97 Å². The number of hydrogen-bond acceptors (Lipinski definition) is 4. The highest BCUT2D eigenvalue weighted by Crippen LogP contribution is 2.17. The van der Waals surface area contributed by atoms with Crippen LogP contribution in [0.5, 0.6) is 5.75 Å². The topological polar surface area (TPSA) is 64.2 Å². The zero-order valence-electron chi connectivity index (χ0n) is 14.1. The molecule has 0 aliphatic heterocycles. The Morgan fingerprint density at radius 3 is 2.68 bits per heavy atom. The van der Waals surface area contributed by atoms with Gasteiger partial charge in [0.2, 0.25) is 0 Å². The summed E-state index contributed by atoms with van der Waals surface area (Å²) in [4.78, 5) is 18.9. The molecule has 3 rings (SSSR count). The highest BCUT2D eigenvalue weighted by atomic mass is 16.5. The average Bonchev–Trinajstić information content (AvgIpc) is 3.10. The van der Waals surface area contributed by atoms with E-state index < -0.39 is 0 Å². The number of aromatic amines is 1. The van der Waals surface area contributed by atoms with E-state index in [4.69, 9.17) is 9.47 Å². The van der Waals surface area contributed by atoms with E-state index in [1.165, 1.54) is 6.20 Å². The van der Waals surface area contributed by atoms with Crippen molar-refractivity contribution in [3.63, 3.8) is 0 Å². The zero-order chi connectivity index (χ0) is 17.5. The third kappa shape index (κ3) is 4.70. The van der Waals surface area contributed by atoms with Crippen molar-refractivity contribution < 1.29 is 14.3 Å². The van der Waals surface area contributed by atoms with Crippen LogP contribution in [0.1, 0.15) is 34.4 Å². The van der Waals surface area contributed by atoms with Crippen LogP contribution in [0.2, 0.25) is 0 Å². The van der Waals surface area contributed by atoms with E-state index in [1.54, 1.807) is 6.92 Å². The molecule has 0 radical (unpaired) electrons. The first-order chi connectivity index (χ1) is 12.2. The van der Waals surface area contributed by atoms with Gasteiger partial charge in [0.05, 0.1) is 12.8 Å². The Hall–Kier alpha value is -3.08. The molecule has 1 N–H and O–H groups in total. The molecule has 2 aromatic carbocycles. The SMILES string of the molecule is CCOC(=O)c1cnc(Cc2cccc(OCc3ccccc3)c2)[nH]1. The van der Waals surface area contributed by atoms with Crippen molar-refractivity contribution in [1.82, 2.24) is 9.97 Å². The largest absolute Gasteiger partial charge is 0.489 e. The minimum atomic E-state index is -0.388. The number of ether oxygens (including phenoxy) is 2. The van der Waals surface area contributed by atoms with Gasteiger partial charge in [-0.3, -0.25) is 0 Å². The van der Waals surface area contributed by atoms with Crippen molar-refractivity contribution >= 4 is 5.97 Å². The Morgan fingerprint density at radius 2 is 1.88 bits per heavy atom. The summed E-state index contributed by atoms with van der Waals surface area (Å²) < 4.78 is 10.8. The van der Waals surface area contributed by atoms with Crippen molar-refractivity contribution in [2.24, 2.45) is 0 Å². The summed E-state index contributed by atoms with van der Waals surface area (Å²) in [5.74, 6) is 1.13. The Bertz CT molecular complexity index is 828. The Morgan fingerprint density at radius 1 is 1.08 bits per heavy atom. The monoisotopic (exact) mass is 336 g/mol. The molecular formula is C20H20N2O3. The summed E-state index contributed by atoms with van der Waals surface area (Å²) >= 11 is 0. The summed E-state index contributed by atoms with van der Waals surface area (Å²) in [5.41, 5.74) is 2.54. The van der Waals surface area contributed by atoms with Crippen LogP contribution >= 0.6 is 0 Å². The Labute approximate surface area is 146 Å². The lowest BCUT2D eigenvalue weighted by molar-refractivity contribution is 0.0520. The summed E-state index contributed by atoms with van der Waals surface area (Å²) in [6.07, 6.45) is 2.09. The number of aromatic nitrogens is 2. The van der Waals surface area contributed by atoms with E-state index in [1.807, 2.05) is 54.6 Å². The lowest BCUT2D eigenvalue weighted by Crippen LogP contribution is -2.05. The molecule has 3 aromatic rings. The lowest BCUT2D eigenvalue weighted by Gasteiger charge is -2.08. The molecule has 5 nitrogen and oxygen atoms in total. The number of carbonyl (C=O) groups excluding carboxylic acids is 1. The van der Waals surface area contributed by atoms with Crippen molar-refractivity contribution in [1.29, 1.82) is 0 Å². The fourth-order valence-corrected chi connectivity index (χ4v) is 2.44. The molecule has 128 valence electrons. The molecule has 0 spiro atoms. The van der Waals surface area contributed by atoms with Crippen LogP contribution < -0.4 is 4.74 Å². The van der Waals surface area contributed by atoms with Crippen LogP contribution in [0, 0.1) is 0 Å². The number of rotatable bonds is 7. The van der Waals surface area contributed by atoms with Gasteiger partial charge in [-0.2, -0.15) is 0 Å². The predicted molar refractivity (Wildman–Crippen MR) is 94.6 cm³/mol. The lowest BCUT2D eigenvalue weighted by atomic mass is 10.1. The number of benzene rings is 2. The molecule has 0 amide bonds. The van der Waals surface area contributed by atoms with Gasteiger partial charge in [0.1, 0.15) is 23.9 Å². The third-order valence-corrected chi connectivity index (χ3v) is 3.64.